The third kappa shape index (κ3) is 6.49. The van der Waals surface area contributed by atoms with E-state index in [1.165, 1.54) is 17.6 Å². The number of halogens is 2. The van der Waals surface area contributed by atoms with Crippen LogP contribution in [0.25, 0.3) is 6.08 Å². The van der Waals surface area contributed by atoms with E-state index in [0.29, 0.717) is 30.8 Å². The standard InChI is InChI=1S/C26H26FN3O3S3.ClH/c1-17-6-10-21(11-7-17)36(32,33)35-24-12-13-30(15-19(24)14-20-16-34-29-28-20)25(26(31)18-8-9-18)22-4-2-3-5-23(22)27;/h2-7,10-11,14,16,18,24-25H,8-9,12-13,15H2,1H3;1H/b19-14+;. The molecular formula is C26H27ClFN3O3S3. The van der Waals surface area contributed by atoms with Crippen molar-refractivity contribution in [1.82, 2.24) is 14.5 Å². The Morgan fingerprint density at radius 1 is 1.16 bits per heavy atom. The Morgan fingerprint density at radius 2 is 1.89 bits per heavy atom. The van der Waals surface area contributed by atoms with Gasteiger partial charge in [0.15, 0.2) is 5.78 Å². The third-order valence-corrected chi connectivity index (χ3v) is 11.0. The van der Waals surface area contributed by atoms with Gasteiger partial charge in [0.2, 0.25) is 8.87 Å². The molecule has 0 bridgehead atoms. The molecule has 0 amide bonds. The summed E-state index contributed by atoms with van der Waals surface area (Å²) in [5, 5.41) is 5.58. The summed E-state index contributed by atoms with van der Waals surface area (Å²) in [6, 6.07) is 12.6. The molecule has 1 saturated heterocycles. The fourth-order valence-corrected chi connectivity index (χ4v) is 8.52. The van der Waals surface area contributed by atoms with Crippen LogP contribution in [0.1, 0.15) is 42.1 Å². The molecule has 1 aromatic heterocycles. The molecular weight excluding hydrogens is 553 g/mol. The summed E-state index contributed by atoms with van der Waals surface area (Å²) in [5.74, 6) is -0.406. The van der Waals surface area contributed by atoms with Gasteiger partial charge < -0.3 is 0 Å². The van der Waals surface area contributed by atoms with Crippen molar-refractivity contribution >= 4 is 55.5 Å². The Balaban J connectivity index is 0.00000320. The number of benzene rings is 2. The van der Waals surface area contributed by atoms with Gasteiger partial charge in [0, 0.05) is 35.2 Å². The zero-order chi connectivity index (χ0) is 25.3. The molecule has 1 saturated carbocycles. The summed E-state index contributed by atoms with van der Waals surface area (Å²) in [7, 11) is -2.68. The van der Waals surface area contributed by atoms with Gasteiger partial charge in [-0.05, 0) is 78.4 Å². The fourth-order valence-electron chi connectivity index (χ4n) is 4.51. The molecule has 1 aliphatic carbocycles. The molecule has 0 spiro atoms. The van der Waals surface area contributed by atoms with Crippen LogP contribution in [-0.4, -0.2) is 47.0 Å². The van der Waals surface area contributed by atoms with Crippen LogP contribution in [0.15, 0.2) is 64.4 Å². The number of likely N-dealkylation sites (tertiary alicyclic amines) is 1. The predicted octanol–water partition coefficient (Wildman–Crippen LogP) is 5.71. The van der Waals surface area contributed by atoms with Crippen molar-refractivity contribution in [2.45, 2.75) is 42.4 Å². The molecule has 2 heterocycles. The van der Waals surface area contributed by atoms with Gasteiger partial charge in [-0.3, -0.25) is 9.69 Å². The number of carbonyl (C=O) groups excluding carboxylic acids is 1. The number of nitrogens with zero attached hydrogens (tertiary/aromatic N) is 3. The first-order chi connectivity index (χ1) is 17.3. The van der Waals surface area contributed by atoms with Crippen molar-refractivity contribution in [3.8, 4) is 0 Å². The van der Waals surface area contributed by atoms with Crippen molar-refractivity contribution in [2.75, 3.05) is 13.1 Å². The Hall–Kier alpha value is -2.11. The number of piperidine rings is 1. The first kappa shape index (κ1) is 27.9. The molecule has 11 heteroatoms. The third-order valence-electron chi connectivity index (χ3n) is 6.55. The molecule has 3 aromatic rings. The highest BCUT2D eigenvalue weighted by Crippen LogP contribution is 2.42. The maximum absolute atomic E-state index is 14.9. The predicted molar refractivity (Wildman–Crippen MR) is 148 cm³/mol. The normalized spacial score (nSPS) is 20.4. The maximum Gasteiger partial charge on any atom is 0.230 e. The molecule has 0 N–H and O–H groups in total. The second-order valence-electron chi connectivity index (χ2n) is 9.26. The number of aromatic nitrogens is 2. The average molecular weight is 580 g/mol. The molecule has 37 heavy (non-hydrogen) atoms. The number of hydrogen-bond donors (Lipinski definition) is 0. The Morgan fingerprint density at radius 3 is 2.54 bits per heavy atom. The molecule has 2 aromatic carbocycles. The largest absolute Gasteiger partial charge is 0.297 e. The zero-order valence-electron chi connectivity index (χ0n) is 20.1. The first-order valence-corrected chi connectivity index (χ1v) is 15.5. The molecule has 196 valence electrons. The molecule has 1 aliphatic heterocycles. The lowest BCUT2D eigenvalue weighted by Gasteiger charge is -2.38. The van der Waals surface area contributed by atoms with Crippen molar-refractivity contribution in [3.63, 3.8) is 0 Å². The number of Topliss-reactive ketones (excluding diaryl/α,β-unsaturated/α-hetero) is 1. The number of hydrogen-bond acceptors (Lipinski definition) is 8. The second-order valence-corrected chi connectivity index (χ2v) is 13.9. The lowest BCUT2D eigenvalue weighted by Crippen LogP contribution is -2.43. The molecule has 5 rings (SSSR count). The van der Waals surface area contributed by atoms with E-state index in [1.807, 2.05) is 17.9 Å². The van der Waals surface area contributed by atoms with Gasteiger partial charge in [-0.2, -0.15) is 0 Å². The molecule has 2 aliphatic rings. The van der Waals surface area contributed by atoms with Crippen molar-refractivity contribution < 1.29 is 17.6 Å². The minimum Gasteiger partial charge on any atom is -0.297 e. The smallest absolute Gasteiger partial charge is 0.230 e. The topological polar surface area (TPSA) is 80.2 Å². The van der Waals surface area contributed by atoms with Crippen molar-refractivity contribution in [3.05, 3.63) is 82.1 Å². The van der Waals surface area contributed by atoms with E-state index in [1.54, 1.807) is 47.8 Å². The average Bonchev–Trinajstić information content (AvgIpc) is 3.59. The highest BCUT2D eigenvalue weighted by molar-refractivity contribution is 8.72. The van der Waals surface area contributed by atoms with Crippen molar-refractivity contribution in [1.29, 1.82) is 0 Å². The molecule has 6 nitrogen and oxygen atoms in total. The van der Waals surface area contributed by atoms with Crippen LogP contribution in [0, 0.1) is 18.7 Å². The van der Waals surface area contributed by atoms with E-state index in [0.717, 1.165) is 34.8 Å². The fraction of sp³-hybridized carbons (Fsp3) is 0.346. The van der Waals surface area contributed by atoms with Gasteiger partial charge in [0.25, 0.3) is 0 Å². The Bertz CT molecular complexity index is 1380. The number of ketones is 1. The van der Waals surface area contributed by atoms with Crippen LogP contribution >= 0.6 is 34.7 Å². The lowest BCUT2D eigenvalue weighted by atomic mass is 9.93. The quantitative estimate of drug-likeness (QED) is 0.316. The van der Waals surface area contributed by atoms with Crippen LogP contribution < -0.4 is 0 Å². The van der Waals surface area contributed by atoms with E-state index in [2.05, 4.69) is 9.59 Å². The second kappa shape index (κ2) is 11.7. The van der Waals surface area contributed by atoms with E-state index >= 15 is 0 Å². The first-order valence-electron chi connectivity index (χ1n) is 11.8. The van der Waals surface area contributed by atoms with Gasteiger partial charge >= 0.3 is 0 Å². The number of carbonyl (C=O) groups is 1. The van der Waals surface area contributed by atoms with Gasteiger partial charge in [0.05, 0.1) is 16.6 Å². The molecule has 2 fully saturated rings. The van der Waals surface area contributed by atoms with Gasteiger partial charge in [-0.1, -0.05) is 40.4 Å². The van der Waals surface area contributed by atoms with Crippen LogP contribution in [0.5, 0.6) is 0 Å². The summed E-state index contributed by atoms with van der Waals surface area (Å²) in [6.07, 6.45) is 4.02. The summed E-state index contributed by atoms with van der Waals surface area (Å²) in [5.41, 5.74) is 2.84. The van der Waals surface area contributed by atoms with Gasteiger partial charge in [0.1, 0.15) is 5.82 Å². The van der Waals surface area contributed by atoms with Crippen LogP contribution in [0.2, 0.25) is 0 Å². The van der Waals surface area contributed by atoms with E-state index in [-0.39, 0.29) is 34.3 Å². The van der Waals surface area contributed by atoms with E-state index in [4.69, 9.17) is 0 Å². The highest BCUT2D eigenvalue weighted by Gasteiger charge is 2.42. The summed E-state index contributed by atoms with van der Waals surface area (Å²) < 4.78 is 45.3. The van der Waals surface area contributed by atoms with E-state index < -0.39 is 20.7 Å². The van der Waals surface area contributed by atoms with Gasteiger partial charge in [-0.15, -0.1) is 17.5 Å². The maximum atomic E-state index is 14.9. The number of aryl methyl sites for hydroxylation is 1. The Kier molecular flexibility index (Phi) is 8.85. The summed E-state index contributed by atoms with van der Waals surface area (Å²) >= 11 is 1.22. The van der Waals surface area contributed by atoms with Crippen molar-refractivity contribution in [2.24, 2.45) is 5.92 Å². The minimum atomic E-state index is -3.61. The van der Waals surface area contributed by atoms with Gasteiger partial charge in [-0.25, -0.2) is 12.8 Å². The minimum absolute atomic E-state index is 0. The summed E-state index contributed by atoms with van der Waals surface area (Å²) in [4.78, 5) is 15.6. The highest BCUT2D eigenvalue weighted by atomic mass is 35.5. The number of rotatable bonds is 8. The zero-order valence-corrected chi connectivity index (χ0v) is 23.4. The summed E-state index contributed by atoms with van der Waals surface area (Å²) in [6.45, 7) is 2.73. The van der Waals surface area contributed by atoms with E-state index in [9.17, 15) is 17.6 Å². The van der Waals surface area contributed by atoms with Crippen LogP contribution in [-0.2, 0) is 13.7 Å². The van der Waals surface area contributed by atoms with Crippen LogP contribution in [0.3, 0.4) is 0 Å². The lowest BCUT2D eigenvalue weighted by molar-refractivity contribution is -0.126. The SMILES string of the molecule is Cc1ccc(S(=O)(=O)SC2CCN(C(C(=O)C3CC3)c3ccccc3F)C/C2=C\c2csnn2)cc1.Cl. The molecule has 2 atom stereocenters. The Labute approximate surface area is 230 Å². The monoisotopic (exact) mass is 579 g/mol. The molecule has 0 radical (unpaired) electrons. The van der Waals surface area contributed by atoms with Crippen LogP contribution in [0.4, 0.5) is 4.39 Å². The molecule has 2 unspecified atom stereocenters.